The first-order chi connectivity index (χ1) is 6.78. The predicted molar refractivity (Wildman–Crippen MR) is 58.5 cm³/mol. The molecule has 0 saturated carbocycles. The van der Waals surface area contributed by atoms with Crippen molar-refractivity contribution in [2.24, 2.45) is 0 Å². The summed E-state index contributed by atoms with van der Waals surface area (Å²) in [5, 5.41) is 12.2. The summed E-state index contributed by atoms with van der Waals surface area (Å²) < 4.78 is 4.97. The van der Waals surface area contributed by atoms with Gasteiger partial charge in [-0.1, -0.05) is 13.8 Å². The Labute approximate surface area is 87.2 Å². The van der Waals surface area contributed by atoms with Gasteiger partial charge >= 0.3 is 0 Å². The van der Waals surface area contributed by atoms with E-state index in [1.54, 1.807) is 7.11 Å². The van der Waals surface area contributed by atoms with Gasteiger partial charge in [0.15, 0.2) is 0 Å². The Hall–Kier alpha value is -0.160. The lowest BCUT2D eigenvalue weighted by atomic mass is 10.3. The van der Waals surface area contributed by atoms with E-state index in [0.29, 0.717) is 6.61 Å². The maximum atomic E-state index is 8.98. The summed E-state index contributed by atoms with van der Waals surface area (Å²) in [6.45, 7) is 9.08. The van der Waals surface area contributed by atoms with Crippen molar-refractivity contribution in [3.8, 4) is 0 Å². The first kappa shape index (κ1) is 13.8. The lowest BCUT2D eigenvalue weighted by Crippen LogP contribution is -2.41. The van der Waals surface area contributed by atoms with Crippen LogP contribution in [0.25, 0.3) is 0 Å². The number of hydrogen-bond donors (Lipinski definition) is 2. The third-order valence-corrected chi connectivity index (χ3v) is 2.34. The number of rotatable bonds is 9. The molecule has 0 aliphatic carbocycles. The van der Waals surface area contributed by atoms with Gasteiger partial charge in [0.05, 0.1) is 19.3 Å². The lowest BCUT2D eigenvalue weighted by molar-refractivity contribution is 0.126. The van der Waals surface area contributed by atoms with Gasteiger partial charge in [-0.2, -0.15) is 0 Å². The van der Waals surface area contributed by atoms with E-state index in [0.717, 1.165) is 26.2 Å². The van der Waals surface area contributed by atoms with E-state index in [-0.39, 0.29) is 12.6 Å². The lowest BCUT2D eigenvalue weighted by Gasteiger charge is -2.20. The Kier molecular flexibility index (Phi) is 9.29. The third-order valence-electron chi connectivity index (χ3n) is 2.34. The maximum Gasteiger partial charge on any atom is 0.0638 e. The molecule has 0 radical (unpaired) electrons. The van der Waals surface area contributed by atoms with Crippen LogP contribution in [0.4, 0.5) is 0 Å². The molecule has 0 aliphatic heterocycles. The van der Waals surface area contributed by atoms with Gasteiger partial charge in [-0.3, -0.25) is 0 Å². The van der Waals surface area contributed by atoms with E-state index in [1.165, 1.54) is 0 Å². The minimum atomic E-state index is 0.0653. The molecule has 0 aromatic rings. The standard InChI is InChI=1S/C10H24N2O2/c1-4-12(5-2)7-6-11-10(8-13)9-14-3/h10-11,13H,4-9H2,1-3H3. The van der Waals surface area contributed by atoms with E-state index in [9.17, 15) is 0 Å². The van der Waals surface area contributed by atoms with Crippen LogP contribution < -0.4 is 5.32 Å². The number of ether oxygens (including phenoxy) is 1. The SMILES string of the molecule is CCN(CC)CCNC(CO)COC. The van der Waals surface area contributed by atoms with Gasteiger partial charge in [0.25, 0.3) is 0 Å². The Morgan fingerprint density at radius 3 is 2.43 bits per heavy atom. The molecule has 4 nitrogen and oxygen atoms in total. The number of methoxy groups -OCH3 is 1. The molecule has 0 aromatic heterocycles. The van der Waals surface area contributed by atoms with E-state index in [2.05, 4.69) is 24.1 Å². The van der Waals surface area contributed by atoms with Crippen LogP contribution in [0.2, 0.25) is 0 Å². The molecular formula is C10H24N2O2. The van der Waals surface area contributed by atoms with Crippen LogP contribution in [0, 0.1) is 0 Å². The van der Waals surface area contributed by atoms with Crippen LogP contribution in [0.5, 0.6) is 0 Å². The van der Waals surface area contributed by atoms with Crippen LogP contribution in [0.3, 0.4) is 0 Å². The summed E-state index contributed by atoms with van der Waals surface area (Å²) in [4.78, 5) is 2.34. The fourth-order valence-corrected chi connectivity index (χ4v) is 1.34. The van der Waals surface area contributed by atoms with Crippen molar-refractivity contribution >= 4 is 0 Å². The Morgan fingerprint density at radius 1 is 1.36 bits per heavy atom. The molecule has 0 saturated heterocycles. The van der Waals surface area contributed by atoms with E-state index >= 15 is 0 Å². The first-order valence-electron chi connectivity index (χ1n) is 5.33. The van der Waals surface area contributed by atoms with Crippen molar-refractivity contribution in [2.45, 2.75) is 19.9 Å². The molecule has 0 aromatic carbocycles. The summed E-state index contributed by atoms with van der Waals surface area (Å²) in [7, 11) is 1.65. The molecule has 4 heteroatoms. The van der Waals surface area contributed by atoms with Gasteiger partial charge < -0.3 is 20.1 Å². The molecule has 1 atom stereocenters. The van der Waals surface area contributed by atoms with Gasteiger partial charge in [0.1, 0.15) is 0 Å². The first-order valence-corrected chi connectivity index (χ1v) is 5.33. The second-order valence-electron chi connectivity index (χ2n) is 3.32. The molecule has 0 amide bonds. The van der Waals surface area contributed by atoms with Crippen molar-refractivity contribution in [1.82, 2.24) is 10.2 Å². The highest BCUT2D eigenvalue weighted by atomic mass is 16.5. The zero-order chi connectivity index (χ0) is 10.8. The predicted octanol–water partition coefficient (Wildman–Crippen LogP) is -0.0749. The monoisotopic (exact) mass is 204 g/mol. The van der Waals surface area contributed by atoms with Gasteiger partial charge in [-0.25, -0.2) is 0 Å². The normalized spacial score (nSPS) is 13.5. The fourth-order valence-electron chi connectivity index (χ4n) is 1.34. The van der Waals surface area contributed by atoms with E-state index in [4.69, 9.17) is 9.84 Å². The second-order valence-corrected chi connectivity index (χ2v) is 3.32. The highest BCUT2D eigenvalue weighted by Crippen LogP contribution is 1.87. The van der Waals surface area contributed by atoms with Crippen LogP contribution >= 0.6 is 0 Å². The molecule has 14 heavy (non-hydrogen) atoms. The minimum Gasteiger partial charge on any atom is -0.395 e. The molecule has 86 valence electrons. The molecule has 0 heterocycles. The van der Waals surface area contributed by atoms with E-state index < -0.39 is 0 Å². The molecular weight excluding hydrogens is 180 g/mol. The molecule has 1 unspecified atom stereocenters. The summed E-state index contributed by atoms with van der Waals surface area (Å²) in [5.41, 5.74) is 0. The minimum absolute atomic E-state index is 0.0653. The summed E-state index contributed by atoms with van der Waals surface area (Å²) in [6.07, 6.45) is 0. The van der Waals surface area contributed by atoms with Crippen molar-refractivity contribution in [3.05, 3.63) is 0 Å². The maximum absolute atomic E-state index is 8.98. The van der Waals surface area contributed by atoms with E-state index in [1.807, 2.05) is 0 Å². The topological polar surface area (TPSA) is 44.7 Å². The molecule has 2 N–H and O–H groups in total. The molecule has 0 rings (SSSR count). The zero-order valence-electron chi connectivity index (χ0n) is 9.62. The average Bonchev–Trinajstić information content (AvgIpc) is 2.23. The highest BCUT2D eigenvalue weighted by Gasteiger charge is 2.05. The van der Waals surface area contributed by atoms with Gasteiger partial charge in [0.2, 0.25) is 0 Å². The van der Waals surface area contributed by atoms with Crippen LogP contribution in [0.15, 0.2) is 0 Å². The third kappa shape index (κ3) is 6.32. The van der Waals surface area contributed by atoms with Crippen LogP contribution in [-0.2, 0) is 4.74 Å². The fraction of sp³-hybridized carbons (Fsp3) is 1.00. The number of aliphatic hydroxyl groups excluding tert-OH is 1. The van der Waals surface area contributed by atoms with Crippen LogP contribution in [-0.4, -0.2) is 62.6 Å². The van der Waals surface area contributed by atoms with Crippen molar-refractivity contribution in [1.29, 1.82) is 0 Å². The van der Waals surface area contributed by atoms with Gasteiger partial charge in [-0.05, 0) is 13.1 Å². The second kappa shape index (κ2) is 9.40. The summed E-state index contributed by atoms with van der Waals surface area (Å²) in [6, 6.07) is 0.0653. The molecule has 0 spiro atoms. The largest absolute Gasteiger partial charge is 0.395 e. The molecule has 0 bridgehead atoms. The van der Waals surface area contributed by atoms with Crippen molar-refractivity contribution in [2.75, 3.05) is 46.5 Å². The highest BCUT2D eigenvalue weighted by molar-refractivity contribution is 4.65. The average molecular weight is 204 g/mol. The quantitative estimate of drug-likeness (QED) is 0.552. The smallest absolute Gasteiger partial charge is 0.0638 e. The Balaban J connectivity index is 3.48. The molecule has 0 aliphatic rings. The summed E-state index contributed by atoms with van der Waals surface area (Å²) in [5.74, 6) is 0. The number of aliphatic hydroxyl groups is 1. The Bertz CT molecular complexity index is 119. The zero-order valence-corrected chi connectivity index (χ0v) is 9.62. The number of hydrogen-bond acceptors (Lipinski definition) is 4. The number of nitrogens with zero attached hydrogens (tertiary/aromatic N) is 1. The molecule has 0 fully saturated rings. The van der Waals surface area contributed by atoms with Gasteiger partial charge in [-0.15, -0.1) is 0 Å². The van der Waals surface area contributed by atoms with Crippen LogP contribution in [0.1, 0.15) is 13.8 Å². The summed E-state index contributed by atoms with van der Waals surface area (Å²) >= 11 is 0. The van der Waals surface area contributed by atoms with Crippen molar-refractivity contribution in [3.63, 3.8) is 0 Å². The Morgan fingerprint density at radius 2 is 2.00 bits per heavy atom. The van der Waals surface area contributed by atoms with Gasteiger partial charge in [0, 0.05) is 20.2 Å². The number of likely N-dealkylation sites (N-methyl/N-ethyl adjacent to an activating group) is 1. The van der Waals surface area contributed by atoms with Crippen molar-refractivity contribution < 1.29 is 9.84 Å². The number of nitrogens with one attached hydrogen (secondary N) is 1.